The second-order valence-electron chi connectivity index (χ2n) is 9.59. The van der Waals surface area contributed by atoms with Gasteiger partial charge in [0.25, 0.3) is 11.5 Å². The van der Waals surface area contributed by atoms with Crippen LogP contribution in [0.15, 0.2) is 60.7 Å². The normalized spacial score (nSPS) is 12.7. The third-order valence-corrected chi connectivity index (χ3v) is 7.07. The number of fused-ring (bicyclic) bond motifs is 3. The van der Waals surface area contributed by atoms with Crippen molar-refractivity contribution in [2.75, 3.05) is 0 Å². The Balaban J connectivity index is 1.78. The summed E-state index contributed by atoms with van der Waals surface area (Å²) in [5.41, 5.74) is 6.04. The number of amides is 1. The third-order valence-electron chi connectivity index (χ3n) is 7.07. The van der Waals surface area contributed by atoms with Gasteiger partial charge in [0.15, 0.2) is 5.78 Å². The largest absolute Gasteiger partial charge is 0.341 e. The number of Topliss-reactive ketones (excluding diaryl/α,β-unsaturated/α-hetero) is 1. The van der Waals surface area contributed by atoms with E-state index in [0.29, 0.717) is 11.1 Å². The molecule has 9 nitrogen and oxygen atoms in total. The number of nitro benzene ring substituents is 1. The molecule has 0 atom stereocenters. The van der Waals surface area contributed by atoms with Gasteiger partial charge in [0, 0.05) is 41.2 Å². The fraction of sp³-hybridized carbons (Fsp3) is 0.267. The Labute approximate surface area is 225 Å². The molecule has 1 amide bonds. The van der Waals surface area contributed by atoms with Gasteiger partial charge in [0.05, 0.1) is 4.92 Å². The van der Waals surface area contributed by atoms with Gasteiger partial charge in [-0.15, -0.1) is 0 Å². The first kappa shape index (κ1) is 27.4. The maximum atomic E-state index is 13.4. The van der Waals surface area contributed by atoms with E-state index in [1.54, 1.807) is 18.2 Å². The van der Waals surface area contributed by atoms with Crippen molar-refractivity contribution in [1.82, 2.24) is 5.48 Å². The molecule has 0 radical (unpaired) electrons. The lowest BCUT2D eigenvalue weighted by Crippen LogP contribution is -2.33. The molecule has 1 N–H and O–H groups in total. The summed E-state index contributed by atoms with van der Waals surface area (Å²) in [5.74, 6) is -2.87. The molecule has 0 aliphatic heterocycles. The number of hydrogen-bond acceptors (Lipinski definition) is 7. The first-order valence-corrected chi connectivity index (χ1v) is 12.7. The van der Waals surface area contributed by atoms with Crippen LogP contribution in [0.25, 0.3) is 11.1 Å². The Hall–Kier alpha value is -4.66. The molecule has 9 heteroatoms. The quantitative estimate of drug-likeness (QED) is 0.168. The van der Waals surface area contributed by atoms with Crippen molar-refractivity contribution < 1.29 is 28.9 Å². The standard InChI is InChI=1S/C30H28N2O7/c1-4-14-30(15-5-2)25-16-20(27(34)19-6-10-22(11-7-19)32(37)38)8-12-23(25)24-13-9-21(17-26(24)30)28(35)29(36)31-39-18(3)33/h6-13,16-17H,4-5,14-15H2,1-3H3,(H,31,36). The lowest BCUT2D eigenvalue weighted by atomic mass is 9.71. The average molecular weight is 529 g/mol. The third kappa shape index (κ3) is 5.07. The maximum Gasteiger partial charge on any atom is 0.329 e. The number of hydrogen-bond donors (Lipinski definition) is 1. The van der Waals surface area contributed by atoms with Crippen LogP contribution >= 0.6 is 0 Å². The van der Waals surface area contributed by atoms with Crippen molar-refractivity contribution in [2.24, 2.45) is 0 Å². The van der Waals surface area contributed by atoms with Gasteiger partial charge in [0.1, 0.15) is 0 Å². The highest BCUT2D eigenvalue weighted by molar-refractivity contribution is 6.42. The van der Waals surface area contributed by atoms with Crippen LogP contribution in [0.1, 0.15) is 83.9 Å². The van der Waals surface area contributed by atoms with Crippen molar-refractivity contribution in [3.05, 3.63) is 98.6 Å². The van der Waals surface area contributed by atoms with Gasteiger partial charge in [-0.05, 0) is 59.4 Å². The van der Waals surface area contributed by atoms with E-state index >= 15 is 0 Å². The molecule has 0 saturated carbocycles. The molecule has 3 aromatic carbocycles. The van der Waals surface area contributed by atoms with E-state index in [1.165, 1.54) is 24.3 Å². The summed E-state index contributed by atoms with van der Waals surface area (Å²) in [6.07, 6.45) is 3.19. The summed E-state index contributed by atoms with van der Waals surface area (Å²) in [6.45, 7) is 5.26. The number of hydroxylamine groups is 1. The van der Waals surface area contributed by atoms with E-state index in [0.717, 1.165) is 54.9 Å². The number of nitrogens with zero attached hydrogens (tertiary/aromatic N) is 1. The summed E-state index contributed by atoms with van der Waals surface area (Å²) in [4.78, 5) is 64.5. The minimum atomic E-state index is -1.05. The molecule has 1 aliphatic rings. The molecule has 0 heterocycles. The van der Waals surface area contributed by atoms with Gasteiger partial charge in [-0.1, -0.05) is 51.0 Å². The topological polar surface area (TPSA) is 133 Å². The number of rotatable bonds is 9. The van der Waals surface area contributed by atoms with Crippen LogP contribution < -0.4 is 5.48 Å². The number of benzene rings is 3. The molecule has 0 unspecified atom stereocenters. The van der Waals surface area contributed by atoms with Crippen molar-refractivity contribution in [3.8, 4) is 11.1 Å². The van der Waals surface area contributed by atoms with E-state index in [2.05, 4.69) is 18.7 Å². The molecule has 4 rings (SSSR count). The molecule has 0 fully saturated rings. The van der Waals surface area contributed by atoms with Gasteiger partial charge in [-0.2, -0.15) is 5.48 Å². The summed E-state index contributed by atoms with van der Waals surface area (Å²) in [5, 5.41) is 11.0. The Bertz CT molecular complexity index is 1490. The first-order chi connectivity index (χ1) is 18.6. The van der Waals surface area contributed by atoms with E-state index in [4.69, 9.17) is 0 Å². The van der Waals surface area contributed by atoms with Crippen LogP contribution in [0.2, 0.25) is 0 Å². The molecule has 0 spiro atoms. The van der Waals surface area contributed by atoms with Crippen molar-refractivity contribution in [2.45, 2.75) is 51.9 Å². The number of nitro groups is 1. The van der Waals surface area contributed by atoms with Crippen LogP contribution in [-0.2, 0) is 19.8 Å². The number of non-ortho nitro benzene ring substituents is 1. The van der Waals surface area contributed by atoms with E-state index in [-0.39, 0.29) is 17.0 Å². The lowest BCUT2D eigenvalue weighted by molar-refractivity contribution is -0.384. The molecular weight excluding hydrogens is 500 g/mol. The zero-order chi connectivity index (χ0) is 28.3. The Kier molecular flexibility index (Phi) is 7.71. The first-order valence-electron chi connectivity index (χ1n) is 12.7. The molecule has 1 aliphatic carbocycles. The fourth-order valence-electron chi connectivity index (χ4n) is 5.49. The van der Waals surface area contributed by atoms with Gasteiger partial charge >= 0.3 is 11.9 Å². The number of carbonyl (C=O) groups excluding carboxylic acids is 4. The average Bonchev–Trinajstić information content (AvgIpc) is 3.19. The molecule has 0 bridgehead atoms. The monoisotopic (exact) mass is 528 g/mol. The van der Waals surface area contributed by atoms with Crippen LogP contribution in [0.3, 0.4) is 0 Å². The van der Waals surface area contributed by atoms with Crippen LogP contribution in [0, 0.1) is 10.1 Å². The van der Waals surface area contributed by atoms with Crippen molar-refractivity contribution >= 4 is 29.1 Å². The number of nitrogens with one attached hydrogen (secondary N) is 1. The second-order valence-corrected chi connectivity index (χ2v) is 9.59. The van der Waals surface area contributed by atoms with Crippen molar-refractivity contribution in [3.63, 3.8) is 0 Å². The highest BCUT2D eigenvalue weighted by atomic mass is 16.7. The molecule has 39 heavy (non-hydrogen) atoms. The minimum Gasteiger partial charge on any atom is -0.341 e. The zero-order valence-electron chi connectivity index (χ0n) is 21.9. The maximum absolute atomic E-state index is 13.4. The summed E-state index contributed by atoms with van der Waals surface area (Å²) >= 11 is 0. The molecule has 3 aromatic rings. The van der Waals surface area contributed by atoms with Crippen molar-refractivity contribution in [1.29, 1.82) is 0 Å². The summed E-state index contributed by atoms with van der Waals surface area (Å²) < 4.78 is 0. The van der Waals surface area contributed by atoms with E-state index < -0.39 is 28.0 Å². The van der Waals surface area contributed by atoms with Gasteiger partial charge in [0.2, 0.25) is 0 Å². The highest BCUT2D eigenvalue weighted by Crippen LogP contribution is 2.54. The van der Waals surface area contributed by atoms with Crippen LogP contribution in [0.5, 0.6) is 0 Å². The predicted octanol–water partition coefficient (Wildman–Crippen LogP) is 5.47. The molecule has 0 saturated heterocycles. The molecule has 0 aromatic heterocycles. The number of carbonyl (C=O) groups is 4. The summed E-state index contributed by atoms with van der Waals surface area (Å²) in [7, 11) is 0. The molecular formula is C30H28N2O7. The van der Waals surface area contributed by atoms with Crippen LogP contribution in [0.4, 0.5) is 5.69 Å². The minimum absolute atomic E-state index is 0.0900. The Morgan fingerprint density at radius 1 is 0.821 bits per heavy atom. The zero-order valence-corrected chi connectivity index (χ0v) is 21.9. The van der Waals surface area contributed by atoms with E-state index in [1.807, 2.05) is 23.7 Å². The fourth-order valence-corrected chi connectivity index (χ4v) is 5.49. The van der Waals surface area contributed by atoms with Gasteiger partial charge < -0.3 is 4.84 Å². The molecule has 200 valence electrons. The highest BCUT2D eigenvalue weighted by Gasteiger charge is 2.42. The Morgan fingerprint density at radius 2 is 1.33 bits per heavy atom. The second kappa shape index (κ2) is 11.0. The van der Waals surface area contributed by atoms with Gasteiger partial charge in [-0.25, -0.2) is 0 Å². The SMILES string of the molecule is CCCC1(CCC)c2cc(C(=O)C(=O)NOC(C)=O)ccc2-c2ccc(C(=O)c3ccc([N+](=O)[O-])cc3)cc21. The number of ketones is 2. The van der Waals surface area contributed by atoms with Gasteiger partial charge in [-0.3, -0.25) is 29.3 Å². The Morgan fingerprint density at radius 3 is 1.85 bits per heavy atom. The van der Waals surface area contributed by atoms with Crippen LogP contribution in [-0.4, -0.2) is 28.4 Å². The smallest absolute Gasteiger partial charge is 0.329 e. The predicted molar refractivity (Wildman–Crippen MR) is 143 cm³/mol. The van der Waals surface area contributed by atoms with E-state index in [9.17, 15) is 29.3 Å². The summed E-state index contributed by atoms with van der Waals surface area (Å²) in [6, 6.07) is 16.2. The lowest BCUT2D eigenvalue weighted by Gasteiger charge is -2.32.